The number of hydrogen-bond donors (Lipinski definition) is 0. The van der Waals surface area contributed by atoms with E-state index >= 15 is 0 Å². The Morgan fingerprint density at radius 3 is 2.31 bits per heavy atom. The van der Waals surface area contributed by atoms with Crippen LogP contribution in [-0.4, -0.2) is 4.57 Å². The summed E-state index contributed by atoms with van der Waals surface area (Å²) in [4.78, 5) is 2.32. The lowest BCUT2D eigenvalue weighted by molar-refractivity contribution is 0.924. The molecule has 2 heteroatoms. The number of rotatable bonds is 5. The van der Waals surface area contributed by atoms with Gasteiger partial charge in [-0.1, -0.05) is 67.2 Å². The first-order valence-electron chi connectivity index (χ1n) is 11.1. The lowest BCUT2D eigenvalue weighted by atomic mass is 10.0. The molecule has 0 saturated carbocycles. The Kier molecular flexibility index (Phi) is 5.07. The van der Waals surface area contributed by atoms with Gasteiger partial charge in [0.2, 0.25) is 0 Å². The van der Waals surface area contributed by atoms with Crippen LogP contribution in [0.2, 0.25) is 0 Å². The van der Waals surface area contributed by atoms with E-state index in [4.69, 9.17) is 0 Å². The molecule has 0 N–H and O–H groups in total. The first-order valence-corrected chi connectivity index (χ1v) is 11.1. The minimum absolute atomic E-state index is 0.791. The number of hydrogen-bond acceptors (Lipinski definition) is 1. The number of fused-ring (bicyclic) bond motifs is 2. The molecule has 0 spiro atoms. The summed E-state index contributed by atoms with van der Waals surface area (Å²) in [6, 6.07) is 32.5. The van der Waals surface area contributed by atoms with E-state index in [0.29, 0.717) is 0 Å². The van der Waals surface area contributed by atoms with Crippen molar-refractivity contribution in [1.29, 1.82) is 0 Å². The van der Waals surface area contributed by atoms with Crippen molar-refractivity contribution in [3.8, 4) is 5.69 Å². The Hall–Kier alpha value is -3.78. The normalized spacial score (nSPS) is 11.2. The molecule has 0 amide bonds. The number of aromatic nitrogens is 1. The van der Waals surface area contributed by atoms with Gasteiger partial charge >= 0.3 is 0 Å². The molecule has 1 heterocycles. The van der Waals surface area contributed by atoms with Crippen LogP contribution in [0.3, 0.4) is 0 Å². The van der Waals surface area contributed by atoms with Crippen LogP contribution < -0.4 is 4.90 Å². The number of benzene rings is 4. The van der Waals surface area contributed by atoms with Gasteiger partial charge in [0.05, 0.1) is 5.52 Å². The molecule has 0 bridgehead atoms. The van der Waals surface area contributed by atoms with Crippen LogP contribution in [0.1, 0.15) is 23.7 Å². The molecule has 0 unspecified atom stereocenters. The largest absolute Gasteiger partial charge is 0.342 e. The summed E-state index contributed by atoms with van der Waals surface area (Å²) in [5, 5.41) is 3.85. The standard InChI is InChI=1S/C30H28N2/c1-21(2)31(20-25-13-10-12-24-11-8-9-16-28(24)25)27-17-18-30-29(19-27)22(3)23(4)32(30)26-14-6-5-7-15-26/h5-19H,1,20H2,2-4H3. The zero-order valence-electron chi connectivity index (χ0n) is 19.0. The van der Waals surface area contributed by atoms with Crippen molar-refractivity contribution in [3.63, 3.8) is 0 Å². The highest BCUT2D eigenvalue weighted by Gasteiger charge is 2.16. The summed E-state index contributed by atoms with van der Waals surface area (Å²) in [5.41, 5.74) is 8.54. The second-order valence-electron chi connectivity index (χ2n) is 8.54. The number of para-hydroxylation sites is 1. The van der Waals surface area contributed by atoms with Crippen molar-refractivity contribution in [1.82, 2.24) is 4.57 Å². The van der Waals surface area contributed by atoms with Crippen LogP contribution in [0.15, 0.2) is 103 Å². The SMILES string of the molecule is C=C(C)N(Cc1cccc2ccccc12)c1ccc2c(c1)c(C)c(C)n2-c1ccccc1. The fraction of sp³-hybridized carbons (Fsp3) is 0.133. The molecule has 0 aliphatic heterocycles. The summed E-state index contributed by atoms with van der Waals surface area (Å²) >= 11 is 0. The lowest BCUT2D eigenvalue weighted by Gasteiger charge is -2.26. The van der Waals surface area contributed by atoms with Crippen LogP contribution in [-0.2, 0) is 6.54 Å². The number of nitrogens with zero attached hydrogens (tertiary/aromatic N) is 2. The number of aryl methyl sites for hydroxylation is 1. The second-order valence-corrected chi connectivity index (χ2v) is 8.54. The third-order valence-electron chi connectivity index (χ3n) is 6.50. The third kappa shape index (κ3) is 3.38. The van der Waals surface area contributed by atoms with Crippen LogP contribution in [0, 0.1) is 13.8 Å². The van der Waals surface area contributed by atoms with Crippen LogP contribution in [0.4, 0.5) is 5.69 Å². The molecule has 0 saturated heterocycles. The maximum absolute atomic E-state index is 4.30. The van der Waals surface area contributed by atoms with Crippen molar-refractivity contribution in [2.24, 2.45) is 0 Å². The molecule has 0 fully saturated rings. The Morgan fingerprint density at radius 2 is 1.53 bits per heavy atom. The van der Waals surface area contributed by atoms with Crippen LogP contribution in [0.25, 0.3) is 27.4 Å². The smallest absolute Gasteiger partial charge is 0.0535 e. The predicted octanol–water partition coefficient (Wildman–Crippen LogP) is 7.94. The van der Waals surface area contributed by atoms with E-state index < -0.39 is 0 Å². The first-order chi connectivity index (χ1) is 15.5. The van der Waals surface area contributed by atoms with Crippen molar-refractivity contribution in [2.75, 3.05) is 4.90 Å². The minimum atomic E-state index is 0.791. The van der Waals surface area contributed by atoms with Gasteiger partial charge in [0.1, 0.15) is 0 Å². The molecule has 0 atom stereocenters. The fourth-order valence-corrected chi connectivity index (χ4v) is 4.69. The van der Waals surface area contributed by atoms with Crippen molar-refractivity contribution in [3.05, 3.63) is 120 Å². The third-order valence-corrected chi connectivity index (χ3v) is 6.50. The van der Waals surface area contributed by atoms with E-state index in [0.717, 1.165) is 12.2 Å². The average molecular weight is 417 g/mol. The molecule has 2 nitrogen and oxygen atoms in total. The highest BCUT2D eigenvalue weighted by atomic mass is 15.1. The molecule has 5 rings (SSSR count). The molecule has 0 aliphatic rings. The van der Waals surface area contributed by atoms with E-state index in [-0.39, 0.29) is 0 Å². The van der Waals surface area contributed by atoms with Crippen molar-refractivity contribution in [2.45, 2.75) is 27.3 Å². The molecular formula is C30H28N2. The van der Waals surface area contributed by atoms with Crippen LogP contribution in [0.5, 0.6) is 0 Å². The average Bonchev–Trinajstić information content (AvgIpc) is 3.07. The van der Waals surface area contributed by atoms with Gasteiger partial charge in [-0.05, 0) is 73.0 Å². The molecular weight excluding hydrogens is 388 g/mol. The summed E-state index contributed by atoms with van der Waals surface area (Å²) in [5.74, 6) is 0. The van der Waals surface area contributed by atoms with E-state index in [1.54, 1.807) is 0 Å². The summed E-state index contributed by atoms with van der Waals surface area (Å²) in [6.07, 6.45) is 0. The molecule has 4 aromatic carbocycles. The topological polar surface area (TPSA) is 8.17 Å². The van der Waals surface area contributed by atoms with Gasteiger partial charge in [-0.15, -0.1) is 0 Å². The minimum Gasteiger partial charge on any atom is -0.342 e. The summed E-state index contributed by atoms with van der Waals surface area (Å²) in [6.45, 7) is 11.6. The van der Waals surface area contributed by atoms with Crippen molar-refractivity contribution >= 4 is 27.4 Å². The Balaban J connectivity index is 1.61. The summed E-state index contributed by atoms with van der Waals surface area (Å²) < 4.78 is 2.35. The fourth-order valence-electron chi connectivity index (χ4n) is 4.69. The predicted molar refractivity (Wildman–Crippen MR) is 138 cm³/mol. The quantitative estimate of drug-likeness (QED) is 0.282. The molecule has 0 radical (unpaired) electrons. The number of allylic oxidation sites excluding steroid dienone is 1. The van der Waals surface area contributed by atoms with Crippen molar-refractivity contribution < 1.29 is 0 Å². The van der Waals surface area contributed by atoms with E-state index in [1.807, 2.05) is 0 Å². The van der Waals surface area contributed by atoms with Gasteiger partial charge in [0.25, 0.3) is 0 Å². The lowest BCUT2D eigenvalue weighted by Crippen LogP contribution is -2.19. The molecule has 5 aromatic rings. The van der Waals surface area contributed by atoms with E-state index in [2.05, 4.69) is 128 Å². The van der Waals surface area contributed by atoms with E-state index in [9.17, 15) is 0 Å². The second kappa shape index (κ2) is 8.05. The molecule has 158 valence electrons. The highest BCUT2D eigenvalue weighted by Crippen LogP contribution is 2.33. The maximum atomic E-state index is 4.30. The first kappa shape index (κ1) is 20.1. The molecule has 32 heavy (non-hydrogen) atoms. The number of anilines is 1. The molecule has 0 aliphatic carbocycles. The highest BCUT2D eigenvalue weighted by molar-refractivity contribution is 5.90. The zero-order valence-corrected chi connectivity index (χ0v) is 19.0. The Morgan fingerprint density at radius 1 is 0.812 bits per heavy atom. The molecule has 1 aromatic heterocycles. The van der Waals surface area contributed by atoms with Gasteiger partial charge in [-0.2, -0.15) is 0 Å². The maximum Gasteiger partial charge on any atom is 0.0535 e. The van der Waals surface area contributed by atoms with Gasteiger partial charge in [0, 0.05) is 34.7 Å². The monoisotopic (exact) mass is 416 g/mol. The van der Waals surface area contributed by atoms with Gasteiger partial charge in [-0.25, -0.2) is 0 Å². The Bertz CT molecular complexity index is 1440. The van der Waals surface area contributed by atoms with Gasteiger partial charge < -0.3 is 9.47 Å². The zero-order chi connectivity index (χ0) is 22.2. The van der Waals surface area contributed by atoms with E-state index in [1.165, 1.54) is 49.9 Å². The van der Waals surface area contributed by atoms with Gasteiger partial charge in [0.15, 0.2) is 0 Å². The van der Waals surface area contributed by atoms with Gasteiger partial charge in [-0.3, -0.25) is 0 Å². The van der Waals surface area contributed by atoms with Crippen LogP contribution >= 0.6 is 0 Å². The summed E-state index contributed by atoms with van der Waals surface area (Å²) in [7, 11) is 0. The Labute approximate surface area is 190 Å².